The van der Waals surface area contributed by atoms with Gasteiger partial charge in [-0.1, -0.05) is 18.2 Å². The Morgan fingerprint density at radius 1 is 1.33 bits per heavy atom. The van der Waals surface area contributed by atoms with Crippen molar-refractivity contribution in [3.05, 3.63) is 35.9 Å². The smallest absolute Gasteiger partial charge is 0.172 e. The Morgan fingerprint density at radius 3 is 2.71 bits per heavy atom. The number of aliphatic hydroxyl groups is 1. The molecule has 0 amide bonds. The van der Waals surface area contributed by atoms with E-state index in [2.05, 4.69) is 16.5 Å². The van der Waals surface area contributed by atoms with Crippen molar-refractivity contribution in [1.29, 1.82) is 5.26 Å². The molecule has 1 aromatic carbocycles. The molecule has 21 heavy (non-hydrogen) atoms. The summed E-state index contributed by atoms with van der Waals surface area (Å²) in [6.45, 7) is 0. The summed E-state index contributed by atoms with van der Waals surface area (Å²) in [7, 11) is 0. The van der Waals surface area contributed by atoms with Gasteiger partial charge in [0.2, 0.25) is 0 Å². The van der Waals surface area contributed by atoms with Crippen LogP contribution in [-0.2, 0) is 0 Å². The van der Waals surface area contributed by atoms with Gasteiger partial charge in [-0.15, -0.1) is 0 Å². The highest BCUT2D eigenvalue weighted by atomic mass is 16.3. The number of rotatable bonds is 3. The minimum absolute atomic E-state index is 0.150. The van der Waals surface area contributed by atoms with E-state index in [1.807, 2.05) is 30.3 Å². The predicted octanol–water partition coefficient (Wildman–Crippen LogP) is 2.17. The van der Waals surface area contributed by atoms with Gasteiger partial charge in [0.15, 0.2) is 5.82 Å². The highest BCUT2D eigenvalue weighted by molar-refractivity contribution is 5.69. The van der Waals surface area contributed by atoms with E-state index in [-0.39, 0.29) is 6.04 Å². The summed E-state index contributed by atoms with van der Waals surface area (Å²) in [6, 6.07) is 11.4. The lowest BCUT2D eigenvalue weighted by atomic mass is 10.2. The Bertz CT molecular complexity index is 673. The average Bonchev–Trinajstić information content (AvgIpc) is 3.04. The summed E-state index contributed by atoms with van der Waals surface area (Å²) in [5.41, 5.74) is 7.19. The predicted molar refractivity (Wildman–Crippen MR) is 80.0 cm³/mol. The van der Waals surface area contributed by atoms with E-state index < -0.39 is 6.10 Å². The number of para-hydroxylation sites is 1. The third-order valence-electron chi connectivity index (χ3n) is 3.85. The Hall–Kier alpha value is -2.52. The molecular weight excluding hydrogens is 266 g/mol. The number of aromatic nitrogens is 2. The van der Waals surface area contributed by atoms with E-state index in [0.29, 0.717) is 17.2 Å². The van der Waals surface area contributed by atoms with Gasteiger partial charge in [0.05, 0.1) is 12.1 Å². The summed E-state index contributed by atoms with van der Waals surface area (Å²) in [4.78, 5) is 0. The third-order valence-corrected chi connectivity index (χ3v) is 3.85. The second kappa shape index (κ2) is 5.46. The minimum atomic E-state index is -0.455. The molecule has 1 saturated carbocycles. The Morgan fingerprint density at radius 2 is 2.10 bits per heavy atom. The van der Waals surface area contributed by atoms with E-state index >= 15 is 0 Å². The van der Waals surface area contributed by atoms with Gasteiger partial charge in [-0.05, 0) is 31.4 Å². The Kier molecular flexibility index (Phi) is 3.50. The fourth-order valence-corrected chi connectivity index (χ4v) is 2.76. The van der Waals surface area contributed by atoms with Crippen LogP contribution >= 0.6 is 0 Å². The second-order valence-electron chi connectivity index (χ2n) is 5.22. The molecule has 1 aromatic heterocycles. The number of nitriles is 1. The summed E-state index contributed by atoms with van der Waals surface area (Å²) >= 11 is 0. The molecule has 2 aromatic rings. The molecular formula is C15H17N5O. The van der Waals surface area contributed by atoms with E-state index in [9.17, 15) is 10.4 Å². The van der Waals surface area contributed by atoms with Crippen LogP contribution in [0.2, 0.25) is 0 Å². The monoisotopic (exact) mass is 283 g/mol. The van der Waals surface area contributed by atoms with Gasteiger partial charge >= 0.3 is 0 Å². The molecule has 6 nitrogen and oxygen atoms in total. The van der Waals surface area contributed by atoms with Crippen molar-refractivity contribution in [2.75, 3.05) is 11.1 Å². The molecule has 0 saturated heterocycles. The number of hydrogen-bond donors (Lipinski definition) is 3. The molecule has 2 atom stereocenters. The van der Waals surface area contributed by atoms with Crippen LogP contribution in [0.5, 0.6) is 0 Å². The van der Waals surface area contributed by atoms with Crippen LogP contribution in [0.4, 0.5) is 17.3 Å². The lowest BCUT2D eigenvalue weighted by molar-refractivity contribution is 0.131. The van der Waals surface area contributed by atoms with Crippen LogP contribution in [0.3, 0.4) is 0 Å². The van der Waals surface area contributed by atoms with Crippen LogP contribution < -0.4 is 11.1 Å². The maximum atomic E-state index is 10.0. The highest BCUT2D eigenvalue weighted by Crippen LogP contribution is 2.34. The lowest BCUT2D eigenvalue weighted by Gasteiger charge is -2.16. The maximum Gasteiger partial charge on any atom is 0.172 e. The fourth-order valence-electron chi connectivity index (χ4n) is 2.76. The molecule has 1 heterocycles. The highest BCUT2D eigenvalue weighted by Gasteiger charge is 2.30. The summed E-state index contributed by atoms with van der Waals surface area (Å²) in [5.74, 6) is 0.738. The van der Waals surface area contributed by atoms with Crippen molar-refractivity contribution in [2.45, 2.75) is 31.4 Å². The quantitative estimate of drug-likeness (QED) is 0.801. The molecule has 3 rings (SSSR count). The lowest BCUT2D eigenvalue weighted by Crippen LogP contribution is -2.21. The molecule has 0 bridgehead atoms. The standard InChI is InChI=1S/C15H17N5O/c16-9-11-14(17)20(12-7-4-8-13(12)21)19-15(11)18-10-5-2-1-3-6-10/h1-3,5-6,12-13,21H,4,7-8,17H2,(H,18,19). The first kappa shape index (κ1) is 13.5. The second-order valence-corrected chi connectivity index (χ2v) is 5.22. The number of hydrogen-bond acceptors (Lipinski definition) is 5. The van der Waals surface area contributed by atoms with Gasteiger partial charge in [-0.25, -0.2) is 4.68 Å². The van der Waals surface area contributed by atoms with Crippen LogP contribution in [0.1, 0.15) is 30.9 Å². The summed E-state index contributed by atoms with van der Waals surface area (Å²) in [6.07, 6.45) is 2.05. The first-order valence-corrected chi connectivity index (χ1v) is 6.99. The Balaban J connectivity index is 1.96. The number of nitrogens with one attached hydrogen (secondary N) is 1. The first-order valence-electron chi connectivity index (χ1n) is 6.99. The first-order chi connectivity index (χ1) is 10.2. The largest absolute Gasteiger partial charge is 0.391 e. The number of nitrogens with two attached hydrogens (primary N) is 1. The van der Waals surface area contributed by atoms with Crippen LogP contribution in [-0.4, -0.2) is 21.0 Å². The van der Waals surface area contributed by atoms with Gasteiger partial charge < -0.3 is 16.2 Å². The van der Waals surface area contributed by atoms with E-state index in [4.69, 9.17) is 5.73 Å². The van der Waals surface area contributed by atoms with Crippen molar-refractivity contribution in [3.63, 3.8) is 0 Å². The van der Waals surface area contributed by atoms with Crippen molar-refractivity contribution >= 4 is 17.3 Å². The number of anilines is 3. The van der Waals surface area contributed by atoms with Crippen molar-refractivity contribution < 1.29 is 5.11 Å². The van der Waals surface area contributed by atoms with E-state index in [0.717, 1.165) is 24.9 Å². The summed E-state index contributed by atoms with van der Waals surface area (Å²) in [5, 5.41) is 26.8. The number of benzene rings is 1. The van der Waals surface area contributed by atoms with Crippen molar-refractivity contribution in [2.24, 2.45) is 0 Å². The van der Waals surface area contributed by atoms with Gasteiger partial charge in [-0.3, -0.25) is 0 Å². The fraction of sp³-hybridized carbons (Fsp3) is 0.333. The number of nitrogen functional groups attached to an aromatic ring is 1. The normalized spacial score (nSPS) is 21.1. The van der Waals surface area contributed by atoms with Crippen molar-refractivity contribution in [1.82, 2.24) is 9.78 Å². The van der Waals surface area contributed by atoms with Crippen LogP contribution in [0, 0.1) is 11.3 Å². The van der Waals surface area contributed by atoms with Crippen molar-refractivity contribution in [3.8, 4) is 6.07 Å². The zero-order chi connectivity index (χ0) is 14.8. The number of nitrogens with zero attached hydrogens (tertiary/aromatic N) is 3. The number of aliphatic hydroxyl groups excluding tert-OH is 1. The van der Waals surface area contributed by atoms with Gasteiger partial charge in [-0.2, -0.15) is 10.4 Å². The van der Waals surface area contributed by atoms with Gasteiger partial charge in [0.1, 0.15) is 17.5 Å². The molecule has 1 aliphatic carbocycles. The molecule has 0 radical (unpaired) electrons. The SMILES string of the molecule is N#Cc1c(Nc2ccccc2)nn(C2CCCC2O)c1N. The maximum absolute atomic E-state index is 10.0. The molecule has 2 unspecified atom stereocenters. The molecule has 4 N–H and O–H groups in total. The average molecular weight is 283 g/mol. The third kappa shape index (κ3) is 2.43. The van der Waals surface area contributed by atoms with Gasteiger partial charge in [0, 0.05) is 5.69 Å². The molecule has 0 spiro atoms. The molecule has 108 valence electrons. The zero-order valence-corrected chi connectivity index (χ0v) is 11.5. The topological polar surface area (TPSA) is 99.9 Å². The molecule has 1 aliphatic rings. The molecule has 6 heteroatoms. The zero-order valence-electron chi connectivity index (χ0n) is 11.5. The summed E-state index contributed by atoms with van der Waals surface area (Å²) < 4.78 is 1.58. The van der Waals surface area contributed by atoms with Crippen LogP contribution in [0.15, 0.2) is 30.3 Å². The molecule has 0 aliphatic heterocycles. The minimum Gasteiger partial charge on any atom is -0.391 e. The van der Waals surface area contributed by atoms with E-state index in [1.165, 1.54) is 0 Å². The molecule has 1 fully saturated rings. The van der Waals surface area contributed by atoms with E-state index in [1.54, 1.807) is 4.68 Å². The van der Waals surface area contributed by atoms with Crippen LogP contribution in [0.25, 0.3) is 0 Å². The Labute approximate surface area is 122 Å². The van der Waals surface area contributed by atoms with Gasteiger partial charge in [0.25, 0.3) is 0 Å².